The zero-order valence-corrected chi connectivity index (χ0v) is 18.2. The number of aryl methyl sites for hydroxylation is 2. The number of unbranched alkanes of at least 4 members (excludes halogenated alkanes) is 1. The van der Waals surface area contributed by atoms with Crippen LogP contribution in [0.1, 0.15) is 47.7 Å². The minimum absolute atomic E-state index is 0.127. The van der Waals surface area contributed by atoms with Gasteiger partial charge < -0.3 is 20.7 Å². The molecule has 2 amide bonds. The molecule has 0 aromatic heterocycles. The zero-order chi connectivity index (χ0) is 21.8. The van der Waals surface area contributed by atoms with Gasteiger partial charge in [-0.15, -0.1) is 0 Å². The van der Waals surface area contributed by atoms with Crippen LogP contribution in [0, 0.1) is 13.8 Å². The summed E-state index contributed by atoms with van der Waals surface area (Å²) >= 11 is 0. The number of ether oxygens (including phenoxy) is 1. The third-order valence-electron chi connectivity index (χ3n) is 4.65. The Morgan fingerprint density at radius 2 is 1.70 bits per heavy atom. The van der Waals surface area contributed by atoms with Crippen LogP contribution in [-0.2, 0) is 9.53 Å². The number of carbonyl (C=O) groups is 2. The molecular weight excluding hydrogens is 378 g/mol. The zero-order valence-electron chi connectivity index (χ0n) is 18.2. The number of nitrogens with one attached hydrogen (secondary N) is 3. The fourth-order valence-electron chi connectivity index (χ4n) is 2.92. The third-order valence-corrected chi connectivity index (χ3v) is 4.65. The summed E-state index contributed by atoms with van der Waals surface area (Å²) < 4.78 is 5.48. The molecule has 6 nitrogen and oxygen atoms in total. The summed E-state index contributed by atoms with van der Waals surface area (Å²) in [6.07, 6.45) is 2.98. The lowest BCUT2D eigenvalue weighted by Crippen LogP contribution is -2.25. The highest BCUT2D eigenvalue weighted by molar-refractivity contribution is 5.96. The summed E-state index contributed by atoms with van der Waals surface area (Å²) in [7, 11) is 0. The second-order valence-electron chi connectivity index (χ2n) is 7.37. The van der Waals surface area contributed by atoms with Gasteiger partial charge >= 0.3 is 0 Å². The lowest BCUT2D eigenvalue weighted by atomic mass is 10.1. The molecule has 3 N–H and O–H groups in total. The molecule has 2 aromatic rings. The van der Waals surface area contributed by atoms with Crippen LogP contribution in [0.15, 0.2) is 42.5 Å². The first-order chi connectivity index (χ1) is 14.5. The molecule has 0 heterocycles. The first-order valence-corrected chi connectivity index (χ1v) is 10.6. The smallest absolute Gasteiger partial charge is 0.251 e. The van der Waals surface area contributed by atoms with E-state index in [1.165, 1.54) is 5.56 Å². The molecule has 0 saturated heterocycles. The summed E-state index contributed by atoms with van der Waals surface area (Å²) in [5.41, 5.74) is 4.45. The molecule has 0 spiro atoms. The Hall–Kier alpha value is -2.86. The number of benzene rings is 2. The lowest BCUT2D eigenvalue weighted by Gasteiger charge is -2.11. The maximum Gasteiger partial charge on any atom is 0.251 e. The number of rotatable bonds is 12. The second kappa shape index (κ2) is 12.6. The molecule has 0 saturated carbocycles. The van der Waals surface area contributed by atoms with Gasteiger partial charge in [-0.25, -0.2) is 0 Å². The van der Waals surface area contributed by atoms with Crippen LogP contribution in [-0.4, -0.2) is 38.1 Å². The number of amides is 2. The average molecular weight is 412 g/mol. The molecule has 0 fully saturated rings. The third kappa shape index (κ3) is 8.25. The molecule has 162 valence electrons. The van der Waals surface area contributed by atoms with Crippen LogP contribution in [0.25, 0.3) is 0 Å². The fourth-order valence-corrected chi connectivity index (χ4v) is 2.92. The van der Waals surface area contributed by atoms with E-state index in [0.29, 0.717) is 24.4 Å². The van der Waals surface area contributed by atoms with E-state index in [2.05, 4.69) is 28.9 Å². The minimum Gasteiger partial charge on any atom is -0.381 e. The highest BCUT2D eigenvalue weighted by Crippen LogP contribution is 2.16. The Morgan fingerprint density at radius 3 is 2.40 bits per heavy atom. The summed E-state index contributed by atoms with van der Waals surface area (Å²) in [4.78, 5) is 24.4. The highest BCUT2D eigenvalue weighted by atomic mass is 16.5. The largest absolute Gasteiger partial charge is 0.381 e. The minimum atomic E-state index is -0.143. The average Bonchev–Trinajstić information content (AvgIpc) is 2.73. The van der Waals surface area contributed by atoms with E-state index in [1.54, 1.807) is 24.3 Å². The summed E-state index contributed by atoms with van der Waals surface area (Å²) in [5.74, 6) is -0.270. The van der Waals surface area contributed by atoms with E-state index in [9.17, 15) is 9.59 Å². The van der Waals surface area contributed by atoms with E-state index in [1.807, 2.05) is 26.0 Å². The van der Waals surface area contributed by atoms with Crippen molar-refractivity contribution in [2.24, 2.45) is 0 Å². The van der Waals surface area contributed by atoms with Gasteiger partial charge in [-0.05, 0) is 62.6 Å². The summed E-state index contributed by atoms with van der Waals surface area (Å²) in [6, 6.07) is 12.9. The predicted octanol–water partition coefficient (Wildman–Crippen LogP) is 4.29. The first kappa shape index (κ1) is 23.4. The van der Waals surface area contributed by atoms with Crippen LogP contribution in [0.2, 0.25) is 0 Å². The van der Waals surface area contributed by atoms with Crippen molar-refractivity contribution < 1.29 is 14.3 Å². The van der Waals surface area contributed by atoms with Crippen LogP contribution < -0.4 is 16.0 Å². The van der Waals surface area contributed by atoms with Crippen LogP contribution in [0.5, 0.6) is 0 Å². The second-order valence-corrected chi connectivity index (χ2v) is 7.37. The molecule has 0 aliphatic heterocycles. The Bertz CT molecular complexity index is 819. The number of hydrogen-bond acceptors (Lipinski definition) is 4. The van der Waals surface area contributed by atoms with Gasteiger partial charge in [-0.2, -0.15) is 0 Å². The Morgan fingerprint density at radius 1 is 0.967 bits per heavy atom. The van der Waals surface area contributed by atoms with Gasteiger partial charge in [0.15, 0.2) is 0 Å². The van der Waals surface area contributed by atoms with E-state index in [4.69, 9.17) is 4.74 Å². The number of carbonyl (C=O) groups excluding carboxylic acids is 2. The van der Waals surface area contributed by atoms with Crippen LogP contribution in [0.4, 0.5) is 11.4 Å². The van der Waals surface area contributed by atoms with Crippen LogP contribution in [0.3, 0.4) is 0 Å². The van der Waals surface area contributed by atoms with Gasteiger partial charge in [0.05, 0.1) is 6.54 Å². The van der Waals surface area contributed by atoms with Crippen molar-refractivity contribution in [2.75, 3.05) is 36.9 Å². The standard InChI is InChI=1S/C24H33N3O3/c1-4-5-14-30-15-6-13-25-24(29)20-8-10-21(11-9-20)27-23(28)17-26-22-12-7-18(2)16-19(22)3/h7-12,16,26H,4-6,13-15,17H2,1-3H3,(H,25,29)(H,27,28). The van der Waals surface area contributed by atoms with Crippen molar-refractivity contribution in [2.45, 2.75) is 40.0 Å². The van der Waals surface area contributed by atoms with Gasteiger partial charge in [-0.1, -0.05) is 31.0 Å². The molecule has 6 heteroatoms. The molecule has 30 heavy (non-hydrogen) atoms. The molecule has 2 rings (SSSR count). The van der Waals surface area contributed by atoms with Gasteiger partial charge in [0.1, 0.15) is 0 Å². The maximum atomic E-state index is 12.2. The van der Waals surface area contributed by atoms with Gasteiger partial charge in [-0.3, -0.25) is 9.59 Å². The highest BCUT2D eigenvalue weighted by Gasteiger charge is 2.07. The normalized spacial score (nSPS) is 10.5. The predicted molar refractivity (Wildman–Crippen MR) is 122 cm³/mol. The molecule has 0 aliphatic rings. The molecule has 0 aliphatic carbocycles. The Balaban J connectivity index is 1.71. The summed E-state index contributed by atoms with van der Waals surface area (Å²) in [6.45, 7) is 8.36. The molecular formula is C24H33N3O3. The molecule has 0 atom stereocenters. The Kier molecular flexibility index (Phi) is 9.87. The van der Waals surface area contributed by atoms with Gasteiger partial charge in [0.2, 0.25) is 5.91 Å². The SMILES string of the molecule is CCCCOCCCNC(=O)c1ccc(NC(=O)CNc2ccc(C)cc2C)cc1. The fraction of sp³-hybridized carbons (Fsp3) is 0.417. The topological polar surface area (TPSA) is 79.5 Å². The van der Waals surface area contributed by atoms with Crippen molar-refractivity contribution in [1.82, 2.24) is 5.32 Å². The van der Waals surface area contributed by atoms with Crippen molar-refractivity contribution in [1.29, 1.82) is 0 Å². The monoisotopic (exact) mass is 411 g/mol. The number of hydrogen-bond donors (Lipinski definition) is 3. The molecule has 0 radical (unpaired) electrons. The van der Waals surface area contributed by atoms with Crippen molar-refractivity contribution >= 4 is 23.2 Å². The van der Waals surface area contributed by atoms with Crippen molar-refractivity contribution in [3.05, 3.63) is 59.2 Å². The quantitative estimate of drug-likeness (QED) is 0.455. The maximum absolute atomic E-state index is 12.2. The number of anilines is 2. The first-order valence-electron chi connectivity index (χ1n) is 10.6. The van der Waals surface area contributed by atoms with Crippen molar-refractivity contribution in [3.8, 4) is 0 Å². The molecule has 0 bridgehead atoms. The molecule has 2 aromatic carbocycles. The lowest BCUT2D eigenvalue weighted by molar-refractivity contribution is -0.114. The van der Waals surface area contributed by atoms with E-state index in [0.717, 1.165) is 37.1 Å². The van der Waals surface area contributed by atoms with Crippen LogP contribution >= 0.6 is 0 Å². The Labute approximate surface area is 179 Å². The van der Waals surface area contributed by atoms with Crippen molar-refractivity contribution in [3.63, 3.8) is 0 Å². The van der Waals surface area contributed by atoms with Gasteiger partial charge in [0, 0.05) is 36.7 Å². The van der Waals surface area contributed by atoms with E-state index < -0.39 is 0 Å². The molecule has 0 unspecified atom stereocenters. The van der Waals surface area contributed by atoms with Gasteiger partial charge in [0.25, 0.3) is 5.91 Å². The van der Waals surface area contributed by atoms with E-state index in [-0.39, 0.29) is 18.4 Å². The van der Waals surface area contributed by atoms with E-state index >= 15 is 0 Å². The summed E-state index contributed by atoms with van der Waals surface area (Å²) in [5, 5.41) is 8.87.